The molecule has 2 aromatic rings. The SMILES string of the molecule is C=CCn1nnnc1SCCOc1ccc(Cl)cc1. The van der Waals surface area contributed by atoms with Gasteiger partial charge in [-0.1, -0.05) is 29.4 Å². The molecule has 7 heteroatoms. The molecule has 1 heterocycles. The minimum atomic E-state index is 0.577. The average molecular weight is 297 g/mol. The highest BCUT2D eigenvalue weighted by Crippen LogP contribution is 2.17. The van der Waals surface area contributed by atoms with Crippen LogP contribution in [0.4, 0.5) is 0 Å². The van der Waals surface area contributed by atoms with Gasteiger partial charge in [0, 0.05) is 10.8 Å². The molecule has 0 fully saturated rings. The van der Waals surface area contributed by atoms with Gasteiger partial charge in [-0.3, -0.25) is 0 Å². The van der Waals surface area contributed by atoms with Gasteiger partial charge in [0.1, 0.15) is 5.75 Å². The molecular weight excluding hydrogens is 284 g/mol. The van der Waals surface area contributed by atoms with Gasteiger partial charge in [-0.05, 0) is 34.7 Å². The second kappa shape index (κ2) is 7.16. The van der Waals surface area contributed by atoms with E-state index in [-0.39, 0.29) is 0 Å². The molecule has 0 saturated carbocycles. The van der Waals surface area contributed by atoms with Crippen LogP contribution < -0.4 is 4.74 Å². The Morgan fingerprint density at radius 2 is 2.16 bits per heavy atom. The Kier molecular flexibility index (Phi) is 5.23. The fraction of sp³-hybridized carbons (Fsp3) is 0.250. The van der Waals surface area contributed by atoms with E-state index in [1.807, 2.05) is 12.1 Å². The number of thioether (sulfide) groups is 1. The number of halogens is 1. The van der Waals surface area contributed by atoms with Gasteiger partial charge in [0.25, 0.3) is 0 Å². The lowest BCUT2D eigenvalue weighted by Crippen LogP contribution is -2.03. The molecule has 0 N–H and O–H groups in total. The molecule has 0 aliphatic heterocycles. The number of benzene rings is 1. The Morgan fingerprint density at radius 1 is 1.37 bits per heavy atom. The van der Waals surface area contributed by atoms with Crippen LogP contribution in [0.2, 0.25) is 5.02 Å². The number of hydrogen-bond donors (Lipinski definition) is 0. The first-order valence-electron chi connectivity index (χ1n) is 5.68. The summed E-state index contributed by atoms with van der Waals surface area (Å²) in [5.74, 6) is 1.57. The first-order chi connectivity index (χ1) is 9.29. The molecule has 2 rings (SSSR count). The third-order valence-corrected chi connectivity index (χ3v) is 3.37. The molecular formula is C12H13ClN4OS. The van der Waals surface area contributed by atoms with E-state index in [4.69, 9.17) is 16.3 Å². The molecule has 1 aromatic heterocycles. The van der Waals surface area contributed by atoms with E-state index in [9.17, 15) is 0 Å². The van der Waals surface area contributed by atoms with E-state index in [1.54, 1.807) is 34.7 Å². The van der Waals surface area contributed by atoms with Gasteiger partial charge < -0.3 is 4.74 Å². The van der Waals surface area contributed by atoms with Crippen LogP contribution in [0.5, 0.6) is 5.75 Å². The van der Waals surface area contributed by atoms with Crippen molar-refractivity contribution in [2.45, 2.75) is 11.7 Å². The van der Waals surface area contributed by atoms with Crippen LogP contribution in [0.15, 0.2) is 42.1 Å². The first kappa shape index (κ1) is 13.9. The highest BCUT2D eigenvalue weighted by Gasteiger charge is 2.04. The lowest BCUT2D eigenvalue weighted by Gasteiger charge is -2.05. The summed E-state index contributed by atoms with van der Waals surface area (Å²) in [6, 6.07) is 7.28. The Morgan fingerprint density at radius 3 is 2.89 bits per heavy atom. The minimum absolute atomic E-state index is 0.577. The molecule has 0 atom stereocenters. The van der Waals surface area contributed by atoms with E-state index in [0.717, 1.165) is 16.7 Å². The Labute approximate surface area is 120 Å². The van der Waals surface area contributed by atoms with Crippen molar-refractivity contribution in [3.63, 3.8) is 0 Å². The number of rotatable bonds is 7. The number of allylic oxidation sites excluding steroid dienone is 1. The van der Waals surface area contributed by atoms with Gasteiger partial charge in [0.05, 0.1) is 13.2 Å². The fourth-order valence-corrected chi connectivity index (χ4v) is 2.19. The van der Waals surface area contributed by atoms with Gasteiger partial charge in [-0.15, -0.1) is 11.7 Å². The van der Waals surface area contributed by atoms with Crippen molar-refractivity contribution in [1.82, 2.24) is 20.2 Å². The summed E-state index contributed by atoms with van der Waals surface area (Å²) in [6.45, 7) is 4.84. The maximum Gasteiger partial charge on any atom is 0.209 e. The van der Waals surface area contributed by atoms with Crippen LogP contribution in [0.1, 0.15) is 0 Å². The van der Waals surface area contributed by atoms with E-state index in [1.165, 1.54) is 0 Å². The van der Waals surface area contributed by atoms with Gasteiger partial charge in [-0.2, -0.15) is 0 Å². The van der Waals surface area contributed by atoms with E-state index >= 15 is 0 Å². The number of hydrogen-bond acceptors (Lipinski definition) is 5. The predicted octanol–water partition coefficient (Wildman–Crippen LogP) is 2.68. The Bertz CT molecular complexity index is 529. The summed E-state index contributed by atoms with van der Waals surface area (Å²) in [7, 11) is 0. The van der Waals surface area contributed by atoms with Gasteiger partial charge in [0.15, 0.2) is 0 Å². The van der Waals surface area contributed by atoms with Crippen molar-refractivity contribution < 1.29 is 4.74 Å². The van der Waals surface area contributed by atoms with E-state index in [0.29, 0.717) is 18.2 Å². The fourth-order valence-electron chi connectivity index (χ4n) is 1.36. The summed E-state index contributed by atoms with van der Waals surface area (Å²) in [4.78, 5) is 0. The van der Waals surface area contributed by atoms with Crippen LogP contribution in [-0.2, 0) is 6.54 Å². The average Bonchev–Trinajstić information content (AvgIpc) is 2.85. The molecule has 1 aromatic carbocycles. The number of tetrazole rings is 1. The summed E-state index contributed by atoms with van der Waals surface area (Å²) in [6.07, 6.45) is 1.75. The van der Waals surface area contributed by atoms with Gasteiger partial charge in [0.2, 0.25) is 5.16 Å². The van der Waals surface area contributed by atoms with Crippen molar-refractivity contribution in [3.8, 4) is 5.75 Å². The molecule has 0 bridgehead atoms. The van der Waals surface area contributed by atoms with Crippen molar-refractivity contribution in [1.29, 1.82) is 0 Å². The monoisotopic (exact) mass is 296 g/mol. The highest BCUT2D eigenvalue weighted by molar-refractivity contribution is 7.99. The molecule has 0 radical (unpaired) electrons. The normalized spacial score (nSPS) is 10.4. The smallest absolute Gasteiger partial charge is 0.209 e. The maximum absolute atomic E-state index is 5.80. The molecule has 0 amide bonds. The van der Waals surface area contributed by atoms with Gasteiger partial charge >= 0.3 is 0 Å². The predicted molar refractivity (Wildman–Crippen MR) is 75.7 cm³/mol. The van der Waals surface area contributed by atoms with Crippen LogP contribution >= 0.6 is 23.4 Å². The molecule has 0 aliphatic carbocycles. The molecule has 0 aliphatic rings. The zero-order chi connectivity index (χ0) is 13.5. The van der Waals surface area contributed by atoms with Gasteiger partial charge in [-0.25, -0.2) is 4.68 Å². The summed E-state index contributed by atoms with van der Waals surface area (Å²) < 4.78 is 7.28. The zero-order valence-electron chi connectivity index (χ0n) is 10.2. The molecule has 0 spiro atoms. The number of ether oxygens (including phenoxy) is 1. The van der Waals surface area contributed by atoms with E-state index < -0.39 is 0 Å². The third-order valence-electron chi connectivity index (χ3n) is 2.20. The molecule has 100 valence electrons. The Balaban J connectivity index is 1.75. The van der Waals surface area contributed by atoms with Crippen LogP contribution in [0.25, 0.3) is 0 Å². The van der Waals surface area contributed by atoms with Crippen LogP contribution in [0, 0.1) is 0 Å². The second-order valence-corrected chi connectivity index (χ2v) is 5.08. The lowest BCUT2D eigenvalue weighted by molar-refractivity contribution is 0.344. The molecule has 0 saturated heterocycles. The summed E-state index contributed by atoms with van der Waals surface area (Å²) in [5.41, 5.74) is 0. The summed E-state index contributed by atoms with van der Waals surface area (Å²) in [5, 5.41) is 12.9. The minimum Gasteiger partial charge on any atom is -0.493 e. The van der Waals surface area contributed by atoms with Crippen molar-refractivity contribution >= 4 is 23.4 Å². The summed E-state index contributed by atoms with van der Waals surface area (Å²) >= 11 is 7.34. The Hall–Kier alpha value is -1.53. The largest absolute Gasteiger partial charge is 0.493 e. The highest BCUT2D eigenvalue weighted by atomic mass is 35.5. The van der Waals surface area contributed by atoms with Crippen LogP contribution in [-0.4, -0.2) is 32.6 Å². The van der Waals surface area contributed by atoms with E-state index in [2.05, 4.69) is 22.1 Å². The van der Waals surface area contributed by atoms with Crippen molar-refractivity contribution in [2.24, 2.45) is 0 Å². The van der Waals surface area contributed by atoms with Crippen LogP contribution in [0.3, 0.4) is 0 Å². The molecule has 19 heavy (non-hydrogen) atoms. The van der Waals surface area contributed by atoms with Crippen molar-refractivity contribution in [3.05, 3.63) is 41.9 Å². The second-order valence-electron chi connectivity index (χ2n) is 3.58. The zero-order valence-corrected chi connectivity index (χ0v) is 11.8. The standard InChI is InChI=1S/C12H13ClN4OS/c1-2-7-17-12(14-15-16-17)19-9-8-18-11-5-3-10(13)4-6-11/h2-6H,1,7-9H2. The third kappa shape index (κ3) is 4.25. The maximum atomic E-state index is 5.80. The molecule has 0 unspecified atom stereocenters. The topological polar surface area (TPSA) is 52.8 Å². The molecule has 5 nitrogen and oxygen atoms in total. The lowest BCUT2D eigenvalue weighted by atomic mass is 10.3. The quantitative estimate of drug-likeness (QED) is 0.447. The number of aromatic nitrogens is 4. The number of nitrogens with zero attached hydrogens (tertiary/aromatic N) is 4. The van der Waals surface area contributed by atoms with Crippen molar-refractivity contribution in [2.75, 3.05) is 12.4 Å². The first-order valence-corrected chi connectivity index (χ1v) is 7.04.